The second kappa shape index (κ2) is 3.97. The van der Waals surface area contributed by atoms with Crippen molar-refractivity contribution in [3.8, 4) is 0 Å². The maximum atomic E-state index is 8.69. The van der Waals surface area contributed by atoms with Crippen molar-refractivity contribution in [3.63, 3.8) is 0 Å². The molecule has 0 aromatic heterocycles. The Hall–Kier alpha value is -0.201. The third-order valence-corrected chi connectivity index (χ3v) is 0. The monoisotopic (exact) mass is 152 g/mol. The Kier molecular flexibility index (Phi) is 5.63. The number of hydrogen-bond donors (Lipinski definition) is 3. The first-order valence-corrected chi connectivity index (χ1v) is 2.94. The van der Waals surface area contributed by atoms with Crippen molar-refractivity contribution in [1.29, 1.82) is 0 Å². The van der Waals surface area contributed by atoms with Gasteiger partial charge in [-0.3, -0.25) is 11.7 Å². The third-order valence-electron chi connectivity index (χ3n) is 0. The van der Waals surface area contributed by atoms with Crippen LogP contribution in [-0.2, 0) is 24.5 Å². The summed E-state index contributed by atoms with van der Waals surface area (Å²) in [7, 11) is 0. The van der Waals surface area contributed by atoms with Crippen LogP contribution in [0.15, 0.2) is 0 Å². The molecule has 0 bridgehead atoms. The van der Waals surface area contributed by atoms with Crippen molar-refractivity contribution in [3.05, 3.63) is 0 Å². The van der Waals surface area contributed by atoms with E-state index in [1.165, 1.54) is 0 Å². The van der Waals surface area contributed by atoms with Crippen LogP contribution in [0.5, 0.6) is 0 Å². The number of hydrazine groups is 1. The Morgan fingerprint density at radius 3 is 1.14 bits per heavy atom. The van der Waals surface area contributed by atoms with Gasteiger partial charge in [0.05, 0.1) is 0 Å². The van der Waals surface area contributed by atoms with Crippen LogP contribution in [0.4, 0.5) is 0 Å². The number of hydrogen-bond acceptors (Lipinski definition) is 5. The summed E-state index contributed by atoms with van der Waals surface area (Å²) in [5.74, 6) is 8.00. The van der Waals surface area contributed by atoms with Crippen LogP contribution in [0.1, 0.15) is 0 Å². The van der Waals surface area contributed by atoms with Gasteiger partial charge in [0.1, 0.15) is 0 Å². The quantitative estimate of drug-likeness (QED) is 0.207. The zero-order valence-electron chi connectivity index (χ0n) is 3.20. The zero-order valence-corrected chi connectivity index (χ0v) is 4.39. The Morgan fingerprint density at radius 2 is 1.14 bits per heavy atom. The van der Waals surface area contributed by atoms with Crippen molar-refractivity contribution in [2.24, 2.45) is 11.7 Å². The molecule has 0 aliphatic heterocycles. The summed E-state index contributed by atoms with van der Waals surface area (Å²) in [4.78, 5) is 0. The van der Waals surface area contributed by atoms with Crippen LogP contribution in [0.2, 0.25) is 0 Å². The first-order chi connectivity index (χ1) is 3.00. The molecule has 0 rings (SSSR count). The average Bonchev–Trinajstić information content (AvgIpc) is 1.36. The molecule has 7 heteroatoms. The molecular formula is H5MnN2O4. The molecule has 0 saturated carbocycles. The molecule has 46 valence electrons. The van der Waals surface area contributed by atoms with Gasteiger partial charge in [-0.15, -0.1) is 0 Å². The molecule has 0 heterocycles. The van der Waals surface area contributed by atoms with E-state index in [4.69, 9.17) is 15.7 Å². The third kappa shape index (κ3) is 2080. The van der Waals surface area contributed by atoms with Gasteiger partial charge in [-0.2, -0.15) is 0 Å². The molecule has 0 aliphatic carbocycles. The van der Waals surface area contributed by atoms with Gasteiger partial charge in [-0.25, -0.2) is 0 Å². The van der Waals surface area contributed by atoms with E-state index < -0.39 is 13.0 Å². The van der Waals surface area contributed by atoms with E-state index in [0.29, 0.717) is 0 Å². The van der Waals surface area contributed by atoms with E-state index in [-0.39, 0.29) is 0 Å². The predicted octanol–water partition coefficient (Wildman–Crippen LogP) is -2.10. The molecule has 6 nitrogen and oxygen atoms in total. The van der Waals surface area contributed by atoms with Gasteiger partial charge >= 0.3 is 28.7 Å². The Labute approximate surface area is 41.2 Å². The van der Waals surface area contributed by atoms with Crippen molar-refractivity contribution in [2.45, 2.75) is 0 Å². The molecule has 0 aromatic rings. The predicted molar refractivity (Wildman–Crippen MR) is 12.7 cm³/mol. The fraction of sp³-hybridized carbons (Fsp3) is 0. The van der Waals surface area contributed by atoms with E-state index in [0.717, 1.165) is 0 Å². The second-order valence-corrected chi connectivity index (χ2v) is 1.63. The van der Waals surface area contributed by atoms with Gasteiger partial charge in [0, 0.05) is 0 Å². The number of nitrogens with two attached hydrogens (primary N) is 2. The maximum absolute atomic E-state index is 8.69. The summed E-state index contributed by atoms with van der Waals surface area (Å²) < 4.78 is 33.1. The van der Waals surface area contributed by atoms with Gasteiger partial charge < -0.3 is 0 Å². The van der Waals surface area contributed by atoms with Crippen LogP contribution >= 0.6 is 0 Å². The van der Waals surface area contributed by atoms with Gasteiger partial charge in [0.15, 0.2) is 0 Å². The molecule has 7 heavy (non-hydrogen) atoms. The normalized spacial score (nSPS) is 9.00. The van der Waals surface area contributed by atoms with E-state index in [1.807, 2.05) is 0 Å². The molecule has 0 amide bonds. The first kappa shape index (κ1) is 9.93. The van der Waals surface area contributed by atoms with Crippen molar-refractivity contribution in [2.75, 3.05) is 0 Å². The van der Waals surface area contributed by atoms with Crippen LogP contribution in [0.3, 0.4) is 0 Å². The minimum atomic E-state index is -5.38. The summed E-state index contributed by atoms with van der Waals surface area (Å²) in [5, 5.41) is 0. The molecule has 0 aliphatic rings. The molecule has 0 radical (unpaired) electrons. The summed E-state index contributed by atoms with van der Waals surface area (Å²) in [6.45, 7) is 0. The first-order valence-electron chi connectivity index (χ1n) is 0.965. The summed E-state index contributed by atoms with van der Waals surface area (Å²) in [6.07, 6.45) is 0. The Morgan fingerprint density at radius 1 is 1.14 bits per heavy atom. The molecule has 0 spiro atoms. The van der Waals surface area contributed by atoms with Crippen LogP contribution in [-0.4, -0.2) is 4.19 Å². The molecule has 0 saturated heterocycles. The molecule has 0 unspecified atom stereocenters. The Balaban J connectivity index is 0. The fourth-order valence-corrected chi connectivity index (χ4v) is 0. The van der Waals surface area contributed by atoms with Crippen LogP contribution < -0.4 is 11.7 Å². The van der Waals surface area contributed by atoms with Gasteiger partial charge in [0.25, 0.3) is 0 Å². The molecule has 0 aromatic carbocycles. The van der Waals surface area contributed by atoms with Crippen molar-refractivity contribution < 1.29 is 28.7 Å². The van der Waals surface area contributed by atoms with E-state index >= 15 is 0 Å². The molecule has 5 N–H and O–H groups in total. The summed E-state index contributed by atoms with van der Waals surface area (Å²) in [5.41, 5.74) is 0. The second-order valence-electron chi connectivity index (χ2n) is 0.396. The van der Waals surface area contributed by atoms with Gasteiger partial charge in [0.2, 0.25) is 0 Å². The zero-order chi connectivity index (χ0) is 6.50. The van der Waals surface area contributed by atoms with Crippen molar-refractivity contribution >= 4 is 0 Å². The van der Waals surface area contributed by atoms with Crippen LogP contribution in [0, 0.1) is 0 Å². The number of rotatable bonds is 0. The SMILES string of the molecule is NN.[O]=[Mn](=[O])(=[O])[OH]. The fourth-order valence-electron chi connectivity index (χ4n) is 0. The van der Waals surface area contributed by atoms with Gasteiger partial charge in [-0.05, 0) is 0 Å². The van der Waals surface area contributed by atoms with E-state index in [1.54, 1.807) is 0 Å². The topological polar surface area (TPSA) is 123 Å². The Bertz CT molecular complexity index is 131. The summed E-state index contributed by atoms with van der Waals surface area (Å²) in [6, 6.07) is 0. The van der Waals surface area contributed by atoms with Crippen molar-refractivity contribution in [1.82, 2.24) is 0 Å². The minimum absolute atomic E-state index is 4.00. The standard InChI is InChI=1S/Mn.H4N2.H2O.3O/c;1-2;;;;/h;1-2H2;1H2;;;/q+1;;;;;/p-1. The molecule has 0 fully saturated rings. The van der Waals surface area contributed by atoms with Gasteiger partial charge in [-0.1, -0.05) is 0 Å². The van der Waals surface area contributed by atoms with Crippen LogP contribution in [0.25, 0.3) is 0 Å². The molecule has 0 atom stereocenters. The van der Waals surface area contributed by atoms with E-state index in [9.17, 15) is 0 Å². The molecular weight excluding hydrogens is 147 g/mol. The summed E-state index contributed by atoms with van der Waals surface area (Å²) >= 11 is -5.38. The average molecular weight is 152 g/mol. The van der Waals surface area contributed by atoms with E-state index in [2.05, 4.69) is 11.7 Å².